The van der Waals surface area contributed by atoms with Crippen LogP contribution in [0.5, 0.6) is 0 Å². The van der Waals surface area contributed by atoms with Crippen LogP contribution in [0.25, 0.3) is 0 Å². The van der Waals surface area contributed by atoms with E-state index in [0.717, 1.165) is 0 Å². The van der Waals surface area contributed by atoms with Gasteiger partial charge in [-0.2, -0.15) is 0 Å². The Hall–Kier alpha value is -2.30. The summed E-state index contributed by atoms with van der Waals surface area (Å²) < 4.78 is 40.3. The van der Waals surface area contributed by atoms with E-state index < -0.39 is 24.2 Å². The molecule has 2 nitrogen and oxygen atoms in total. The average molecular weight is 295 g/mol. The Kier molecular flexibility index (Phi) is 7.01. The maximum absolute atomic E-state index is 13.9. The van der Waals surface area contributed by atoms with Crippen molar-refractivity contribution in [3.63, 3.8) is 0 Å². The molecule has 0 aromatic heterocycles. The number of aldehydes is 1. The number of carbonyl (C=O) groups excluding carboxylic acids is 1. The zero-order valence-corrected chi connectivity index (χ0v) is 11.4. The third kappa shape index (κ3) is 5.30. The molecule has 0 saturated heterocycles. The van der Waals surface area contributed by atoms with E-state index in [1.54, 1.807) is 6.08 Å². The Balaban J connectivity index is 3.09. The minimum Gasteiger partial charge on any atom is -0.354 e. The van der Waals surface area contributed by atoms with E-state index >= 15 is 0 Å². The molecule has 0 heterocycles. The lowest BCUT2D eigenvalue weighted by Gasteiger charge is -2.14. The second-order valence-corrected chi connectivity index (χ2v) is 4.22. The molecular formula is C16H16F3NO. The monoisotopic (exact) mass is 295 g/mol. The molecule has 0 amide bonds. The second kappa shape index (κ2) is 8.79. The van der Waals surface area contributed by atoms with Crippen LogP contribution in [0.2, 0.25) is 0 Å². The van der Waals surface area contributed by atoms with E-state index in [1.807, 2.05) is 0 Å². The fourth-order valence-corrected chi connectivity index (χ4v) is 1.61. The number of halogens is 3. The molecule has 1 N–H and O–H groups in total. The van der Waals surface area contributed by atoms with Gasteiger partial charge in [-0.15, -0.1) is 0 Å². The predicted octanol–water partition coefficient (Wildman–Crippen LogP) is 3.98. The standard InChI is InChI=1S/C16H16F3NO/c1-2-3-4-7-13(10-17)20-15-9-12(11-21)6-5-8-14(18)16(15)19/h2-7,9,11-12,20H,1,8,10H2/b4-3-,6-5-,13-7+,15-9?,16-14?. The molecule has 0 bridgehead atoms. The van der Waals surface area contributed by atoms with Gasteiger partial charge in [-0.05, 0) is 12.2 Å². The van der Waals surface area contributed by atoms with Crippen molar-refractivity contribution in [2.24, 2.45) is 5.92 Å². The summed E-state index contributed by atoms with van der Waals surface area (Å²) in [6, 6.07) is 0. The number of rotatable bonds is 6. The lowest BCUT2D eigenvalue weighted by atomic mass is 10.0. The lowest BCUT2D eigenvalue weighted by Crippen LogP contribution is -2.17. The van der Waals surface area contributed by atoms with Crippen LogP contribution in [0.15, 0.2) is 72.2 Å². The molecule has 0 aliphatic heterocycles. The number of hydrogen-bond acceptors (Lipinski definition) is 2. The number of alkyl halides is 1. The molecular weight excluding hydrogens is 279 g/mol. The van der Waals surface area contributed by atoms with Crippen molar-refractivity contribution in [2.45, 2.75) is 6.42 Å². The van der Waals surface area contributed by atoms with Crippen molar-refractivity contribution < 1.29 is 18.0 Å². The van der Waals surface area contributed by atoms with Gasteiger partial charge < -0.3 is 10.1 Å². The highest BCUT2D eigenvalue weighted by Gasteiger charge is 2.16. The first-order valence-corrected chi connectivity index (χ1v) is 6.32. The van der Waals surface area contributed by atoms with Crippen LogP contribution in [0.4, 0.5) is 13.2 Å². The van der Waals surface area contributed by atoms with Crippen molar-refractivity contribution in [3.8, 4) is 0 Å². The minimum absolute atomic E-state index is 0.0384. The van der Waals surface area contributed by atoms with Crippen molar-refractivity contribution in [1.82, 2.24) is 5.32 Å². The Morgan fingerprint density at radius 2 is 2.19 bits per heavy atom. The van der Waals surface area contributed by atoms with Crippen molar-refractivity contribution in [2.75, 3.05) is 6.67 Å². The Labute approximate surface area is 121 Å². The molecule has 1 atom stereocenters. The summed E-state index contributed by atoms with van der Waals surface area (Å²) in [6.07, 6.45) is 10.3. The van der Waals surface area contributed by atoms with E-state index in [4.69, 9.17) is 0 Å². The Bertz CT molecular complexity index is 542. The molecule has 0 radical (unpaired) electrons. The first kappa shape index (κ1) is 16.8. The highest BCUT2D eigenvalue weighted by molar-refractivity contribution is 5.61. The van der Waals surface area contributed by atoms with Crippen molar-refractivity contribution in [1.29, 1.82) is 0 Å². The van der Waals surface area contributed by atoms with Gasteiger partial charge in [0.05, 0.1) is 11.6 Å². The topological polar surface area (TPSA) is 29.1 Å². The van der Waals surface area contributed by atoms with Crippen LogP contribution in [-0.4, -0.2) is 13.0 Å². The SMILES string of the molecule is C=C/C=C\C=C(/CF)NC1=CC(C=O)/C=C\CC(F)=C1F. The van der Waals surface area contributed by atoms with E-state index in [0.29, 0.717) is 6.29 Å². The molecule has 0 fully saturated rings. The van der Waals surface area contributed by atoms with Crippen LogP contribution in [0, 0.1) is 5.92 Å². The molecule has 0 aromatic rings. The molecule has 1 aliphatic carbocycles. The molecule has 0 aromatic carbocycles. The normalized spacial score (nSPS) is 21.6. The first-order chi connectivity index (χ1) is 10.1. The van der Waals surface area contributed by atoms with Gasteiger partial charge in [0.25, 0.3) is 0 Å². The maximum atomic E-state index is 13.9. The minimum atomic E-state index is -1.13. The highest BCUT2D eigenvalue weighted by Crippen LogP contribution is 2.23. The predicted molar refractivity (Wildman–Crippen MR) is 77.2 cm³/mol. The molecule has 0 saturated carbocycles. The van der Waals surface area contributed by atoms with Crippen LogP contribution >= 0.6 is 0 Å². The molecule has 21 heavy (non-hydrogen) atoms. The summed E-state index contributed by atoms with van der Waals surface area (Å²) in [6.45, 7) is 2.57. The third-order valence-corrected chi connectivity index (χ3v) is 2.63. The smallest absolute Gasteiger partial charge is 0.177 e. The Morgan fingerprint density at radius 3 is 2.81 bits per heavy atom. The number of nitrogens with one attached hydrogen (secondary N) is 1. The van der Waals surface area contributed by atoms with Gasteiger partial charge in [0.1, 0.15) is 18.8 Å². The Morgan fingerprint density at radius 1 is 1.43 bits per heavy atom. The van der Waals surface area contributed by atoms with E-state index in [2.05, 4.69) is 11.9 Å². The largest absolute Gasteiger partial charge is 0.354 e. The summed E-state index contributed by atoms with van der Waals surface area (Å²) in [5.74, 6) is -2.80. The van der Waals surface area contributed by atoms with Gasteiger partial charge in [-0.3, -0.25) is 0 Å². The zero-order chi connectivity index (χ0) is 15.7. The van der Waals surface area contributed by atoms with Crippen LogP contribution < -0.4 is 5.32 Å². The van der Waals surface area contributed by atoms with Gasteiger partial charge in [-0.25, -0.2) is 13.2 Å². The van der Waals surface area contributed by atoms with Crippen LogP contribution in [-0.2, 0) is 4.79 Å². The molecule has 0 spiro atoms. The van der Waals surface area contributed by atoms with Gasteiger partial charge in [0.15, 0.2) is 5.83 Å². The number of hydrogen-bond donors (Lipinski definition) is 1. The van der Waals surface area contributed by atoms with Crippen LogP contribution in [0.3, 0.4) is 0 Å². The van der Waals surface area contributed by atoms with Gasteiger partial charge in [-0.1, -0.05) is 37.0 Å². The second-order valence-electron chi connectivity index (χ2n) is 4.22. The number of allylic oxidation sites excluding steroid dienone is 10. The molecule has 112 valence electrons. The summed E-state index contributed by atoms with van der Waals surface area (Å²) in [5, 5.41) is 2.47. The molecule has 5 heteroatoms. The van der Waals surface area contributed by atoms with Gasteiger partial charge in [0, 0.05) is 12.1 Å². The highest BCUT2D eigenvalue weighted by atomic mass is 19.2. The lowest BCUT2D eigenvalue weighted by molar-refractivity contribution is -0.108. The van der Waals surface area contributed by atoms with E-state index in [-0.39, 0.29) is 17.8 Å². The summed E-state index contributed by atoms with van der Waals surface area (Å²) in [7, 11) is 0. The van der Waals surface area contributed by atoms with Gasteiger partial charge in [0.2, 0.25) is 0 Å². The fraction of sp³-hybridized carbons (Fsp3) is 0.188. The quantitative estimate of drug-likeness (QED) is 0.456. The maximum Gasteiger partial charge on any atom is 0.177 e. The van der Waals surface area contributed by atoms with Crippen molar-refractivity contribution in [3.05, 3.63) is 72.2 Å². The summed E-state index contributed by atoms with van der Waals surface area (Å²) >= 11 is 0. The van der Waals surface area contributed by atoms with Crippen LogP contribution in [0.1, 0.15) is 6.42 Å². The van der Waals surface area contributed by atoms with E-state index in [9.17, 15) is 18.0 Å². The average Bonchev–Trinajstić information content (AvgIpc) is 2.49. The molecule has 1 aliphatic rings. The summed E-state index contributed by atoms with van der Waals surface area (Å²) in [4.78, 5) is 10.9. The summed E-state index contributed by atoms with van der Waals surface area (Å²) in [5.41, 5.74) is -0.221. The number of carbonyl (C=O) groups is 1. The third-order valence-electron chi connectivity index (χ3n) is 2.63. The molecule has 1 unspecified atom stereocenters. The van der Waals surface area contributed by atoms with Crippen molar-refractivity contribution >= 4 is 6.29 Å². The fourth-order valence-electron chi connectivity index (χ4n) is 1.61. The first-order valence-electron chi connectivity index (χ1n) is 6.32. The van der Waals surface area contributed by atoms with Gasteiger partial charge >= 0.3 is 0 Å². The zero-order valence-electron chi connectivity index (χ0n) is 11.4. The van der Waals surface area contributed by atoms with E-state index in [1.165, 1.54) is 36.5 Å². The molecule has 1 rings (SSSR count).